The predicted octanol–water partition coefficient (Wildman–Crippen LogP) is 3.68. The quantitative estimate of drug-likeness (QED) is 0.686. The van der Waals surface area contributed by atoms with Crippen LogP contribution in [-0.2, 0) is 10.0 Å². The highest BCUT2D eigenvalue weighted by Gasteiger charge is 2.15. The number of sulfonamides is 1. The lowest BCUT2D eigenvalue weighted by molar-refractivity contribution is 0.309. The Kier molecular flexibility index (Phi) is 6.52. The van der Waals surface area contributed by atoms with Crippen LogP contribution in [0.15, 0.2) is 47.4 Å². The summed E-state index contributed by atoms with van der Waals surface area (Å²) in [5.74, 6) is 1.64. The summed E-state index contributed by atoms with van der Waals surface area (Å²) in [6.07, 6.45) is 2.00. The third kappa shape index (κ3) is 5.29. The standard InChI is InChI=1S/C18H23NO5S/c1-4-5-10-24-15-6-8-18(9-7-15)25(20,21)19-14-11-16(22-2)13-17(12-14)23-3/h6-9,11-13,19H,4-5,10H2,1-3H3. The van der Waals surface area contributed by atoms with Crippen molar-refractivity contribution < 1.29 is 22.6 Å². The summed E-state index contributed by atoms with van der Waals surface area (Å²) < 4.78 is 43.4. The van der Waals surface area contributed by atoms with Crippen LogP contribution in [-0.4, -0.2) is 29.2 Å². The second-order valence-electron chi connectivity index (χ2n) is 5.38. The third-order valence-corrected chi connectivity index (χ3v) is 4.90. The molecule has 0 fully saturated rings. The van der Waals surface area contributed by atoms with Gasteiger partial charge in [-0.25, -0.2) is 8.42 Å². The zero-order valence-corrected chi connectivity index (χ0v) is 15.4. The van der Waals surface area contributed by atoms with Crippen molar-refractivity contribution in [1.29, 1.82) is 0 Å². The Morgan fingerprint density at radius 3 is 2.04 bits per heavy atom. The van der Waals surface area contributed by atoms with Gasteiger partial charge >= 0.3 is 0 Å². The van der Waals surface area contributed by atoms with Gasteiger partial charge in [0.25, 0.3) is 10.0 Å². The van der Waals surface area contributed by atoms with Crippen molar-refractivity contribution in [2.24, 2.45) is 0 Å². The van der Waals surface area contributed by atoms with Crippen LogP contribution in [0.2, 0.25) is 0 Å². The summed E-state index contributed by atoms with van der Waals surface area (Å²) in [6, 6.07) is 11.2. The lowest BCUT2D eigenvalue weighted by Gasteiger charge is -2.12. The Labute approximate surface area is 148 Å². The second-order valence-corrected chi connectivity index (χ2v) is 7.06. The maximum Gasteiger partial charge on any atom is 0.261 e. The number of ether oxygens (including phenoxy) is 3. The molecule has 0 aliphatic heterocycles. The maximum absolute atomic E-state index is 12.5. The van der Waals surface area contributed by atoms with E-state index in [9.17, 15) is 8.42 Å². The van der Waals surface area contributed by atoms with Gasteiger partial charge in [0.2, 0.25) is 0 Å². The van der Waals surface area contributed by atoms with Gasteiger partial charge in [-0.1, -0.05) is 13.3 Å². The zero-order valence-electron chi connectivity index (χ0n) is 14.6. The molecule has 0 saturated heterocycles. The molecule has 2 rings (SSSR count). The fourth-order valence-electron chi connectivity index (χ4n) is 2.13. The molecule has 25 heavy (non-hydrogen) atoms. The lowest BCUT2D eigenvalue weighted by Crippen LogP contribution is -2.13. The summed E-state index contributed by atoms with van der Waals surface area (Å²) in [6.45, 7) is 2.70. The average Bonchev–Trinajstić information content (AvgIpc) is 2.61. The first-order valence-electron chi connectivity index (χ1n) is 7.97. The Morgan fingerprint density at radius 2 is 1.52 bits per heavy atom. The van der Waals surface area contributed by atoms with E-state index in [0.29, 0.717) is 29.5 Å². The lowest BCUT2D eigenvalue weighted by atomic mass is 10.3. The molecule has 0 heterocycles. The molecule has 0 unspecified atom stereocenters. The normalized spacial score (nSPS) is 11.0. The molecular weight excluding hydrogens is 342 g/mol. The molecule has 0 saturated carbocycles. The van der Waals surface area contributed by atoms with E-state index in [-0.39, 0.29) is 4.90 Å². The molecule has 0 aromatic heterocycles. The van der Waals surface area contributed by atoms with Crippen molar-refractivity contribution >= 4 is 15.7 Å². The van der Waals surface area contributed by atoms with Crippen LogP contribution in [0.3, 0.4) is 0 Å². The van der Waals surface area contributed by atoms with Crippen LogP contribution in [0.1, 0.15) is 19.8 Å². The second kappa shape index (κ2) is 8.62. The highest BCUT2D eigenvalue weighted by molar-refractivity contribution is 7.92. The molecule has 0 amide bonds. The number of benzene rings is 2. The number of methoxy groups -OCH3 is 2. The van der Waals surface area contributed by atoms with Crippen LogP contribution >= 0.6 is 0 Å². The number of hydrogen-bond acceptors (Lipinski definition) is 5. The van der Waals surface area contributed by atoms with Gasteiger partial charge in [-0.2, -0.15) is 0 Å². The van der Waals surface area contributed by atoms with E-state index in [1.165, 1.54) is 26.4 Å². The Balaban J connectivity index is 2.16. The Bertz CT molecular complexity index is 765. The molecule has 0 bridgehead atoms. The summed E-state index contributed by atoms with van der Waals surface area (Å²) in [5, 5.41) is 0. The minimum absolute atomic E-state index is 0.150. The fraction of sp³-hybridized carbons (Fsp3) is 0.333. The fourth-order valence-corrected chi connectivity index (χ4v) is 3.17. The van der Waals surface area contributed by atoms with E-state index in [1.807, 2.05) is 0 Å². The molecule has 0 aliphatic carbocycles. The van der Waals surface area contributed by atoms with E-state index in [0.717, 1.165) is 12.8 Å². The first-order chi connectivity index (χ1) is 12.0. The van der Waals surface area contributed by atoms with Gasteiger partial charge in [-0.05, 0) is 30.7 Å². The molecule has 1 N–H and O–H groups in total. The Hall–Kier alpha value is -2.41. The molecule has 7 heteroatoms. The monoisotopic (exact) mass is 365 g/mol. The van der Waals surface area contributed by atoms with Gasteiger partial charge in [-0.3, -0.25) is 4.72 Å². The molecule has 136 valence electrons. The molecule has 6 nitrogen and oxygen atoms in total. The first kappa shape index (κ1) is 18.9. The molecule has 2 aromatic rings. The number of anilines is 1. The topological polar surface area (TPSA) is 73.9 Å². The summed E-state index contributed by atoms with van der Waals surface area (Å²) >= 11 is 0. The van der Waals surface area contributed by atoms with E-state index >= 15 is 0 Å². The van der Waals surface area contributed by atoms with Gasteiger partial charge in [0.05, 0.1) is 31.4 Å². The average molecular weight is 365 g/mol. The van der Waals surface area contributed by atoms with Crippen molar-refractivity contribution in [3.05, 3.63) is 42.5 Å². The Morgan fingerprint density at radius 1 is 0.920 bits per heavy atom. The molecule has 2 aromatic carbocycles. The summed E-state index contributed by atoms with van der Waals surface area (Å²) in [4.78, 5) is 0.150. The molecule has 0 radical (unpaired) electrons. The van der Waals surface area contributed by atoms with Gasteiger partial charge in [0.1, 0.15) is 17.2 Å². The van der Waals surface area contributed by atoms with Crippen LogP contribution in [0.5, 0.6) is 17.2 Å². The van der Waals surface area contributed by atoms with Gasteiger partial charge in [0.15, 0.2) is 0 Å². The zero-order chi connectivity index (χ0) is 18.3. The smallest absolute Gasteiger partial charge is 0.261 e. The van der Waals surface area contributed by atoms with Crippen LogP contribution in [0.4, 0.5) is 5.69 Å². The van der Waals surface area contributed by atoms with Gasteiger partial charge in [0, 0.05) is 18.2 Å². The summed E-state index contributed by atoms with van der Waals surface area (Å²) in [7, 11) is -0.713. The molecule has 0 aliphatic rings. The van der Waals surface area contributed by atoms with Crippen molar-refractivity contribution in [2.75, 3.05) is 25.5 Å². The number of hydrogen-bond donors (Lipinski definition) is 1. The SMILES string of the molecule is CCCCOc1ccc(S(=O)(=O)Nc2cc(OC)cc(OC)c2)cc1. The van der Waals surface area contributed by atoms with Crippen LogP contribution in [0.25, 0.3) is 0 Å². The minimum atomic E-state index is -3.72. The number of rotatable bonds is 9. The van der Waals surface area contributed by atoms with E-state index < -0.39 is 10.0 Å². The van der Waals surface area contributed by atoms with Crippen molar-refractivity contribution in [3.8, 4) is 17.2 Å². The molecular formula is C18H23NO5S. The van der Waals surface area contributed by atoms with Crippen molar-refractivity contribution in [1.82, 2.24) is 0 Å². The van der Waals surface area contributed by atoms with E-state index in [4.69, 9.17) is 14.2 Å². The highest BCUT2D eigenvalue weighted by atomic mass is 32.2. The van der Waals surface area contributed by atoms with Crippen molar-refractivity contribution in [2.45, 2.75) is 24.7 Å². The van der Waals surface area contributed by atoms with Crippen LogP contribution in [0, 0.1) is 0 Å². The van der Waals surface area contributed by atoms with Gasteiger partial charge in [-0.15, -0.1) is 0 Å². The van der Waals surface area contributed by atoms with Crippen molar-refractivity contribution in [3.63, 3.8) is 0 Å². The number of nitrogens with one attached hydrogen (secondary N) is 1. The molecule has 0 atom stereocenters. The minimum Gasteiger partial charge on any atom is -0.497 e. The first-order valence-corrected chi connectivity index (χ1v) is 9.45. The van der Waals surface area contributed by atoms with Crippen LogP contribution < -0.4 is 18.9 Å². The van der Waals surface area contributed by atoms with E-state index in [1.54, 1.807) is 30.3 Å². The predicted molar refractivity (Wildman–Crippen MR) is 97.2 cm³/mol. The third-order valence-electron chi connectivity index (χ3n) is 3.50. The highest BCUT2D eigenvalue weighted by Crippen LogP contribution is 2.27. The largest absolute Gasteiger partial charge is 0.497 e. The van der Waals surface area contributed by atoms with E-state index in [2.05, 4.69) is 11.6 Å². The maximum atomic E-state index is 12.5. The van der Waals surface area contributed by atoms with Gasteiger partial charge < -0.3 is 14.2 Å². The molecule has 0 spiro atoms. The number of unbranched alkanes of at least 4 members (excludes halogenated alkanes) is 1. The summed E-state index contributed by atoms with van der Waals surface area (Å²) in [5.41, 5.74) is 0.361.